The standard InChI is InChI=1S/C6H11BrO/c1-4(2)5(3)6(7)8/h4-5H,1-3H3. The number of carbonyl (C=O) groups excluding carboxylic acids is 1. The number of carbonyl (C=O) groups is 1. The minimum absolute atomic E-state index is 0.104. The van der Waals surface area contributed by atoms with E-state index in [4.69, 9.17) is 0 Å². The Morgan fingerprint density at radius 1 is 1.38 bits per heavy atom. The summed E-state index contributed by atoms with van der Waals surface area (Å²) in [7, 11) is 0. The summed E-state index contributed by atoms with van der Waals surface area (Å²) in [6.07, 6.45) is 0. The highest BCUT2D eigenvalue weighted by Gasteiger charge is 2.12. The van der Waals surface area contributed by atoms with E-state index in [1.54, 1.807) is 0 Å². The molecule has 0 aliphatic heterocycles. The molecule has 1 nitrogen and oxygen atoms in total. The molecule has 0 aliphatic rings. The van der Waals surface area contributed by atoms with E-state index in [9.17, 15) is 4.79 Å². The maximum absolute atomic E-state index is 10.5. The van der Waals surface area contributed by atoms with Gasteiger partial charge < -0.3 is 0 Å². The van der Waals surface area contributed by atoms with Crippen molar-refractivity contribution in [2.75, 3.05) is 0 Å². The van der Waals surface area contributed by atoms with E-state index in [-0.39, 0.29) is 10.6 Å². The van der Waals surface area contributed by atoms with Gasteiger partial charge in [0.1, 0.15) is 0 Å². The van der Waals surface area contributed by atoms with Crippen molar-refractivity contribution in [2.24, 2.45) is 11.8 Å². The van der Waals surface area contributed by atoms with E-state index in [1.807, 2.05) is 20.8 Å². The Morgan fingerprint density at radius 3 is 1.75 bits per heavy atom. The zero-order chi connectivity index (χ0) is 6.73. The van der Waals surface area contributed by atoms with Crippen LogP contribution in [0.2, 0.25) is 0 Å². The van der Waals surface area contributed by atoms with Crippen LogP contribution < -0.4 is 0 Å². The van der Waals surface area contributed by atoms with Gasteiger partial charge in [0.15, 0.2) is 0 Å². The van der Waals surface area contributed by atoms with Crippen molar-refractivity contribution in [1.82, 2.24) is 0 Å². The van der Waals surface area contributed by atoms with Crippen LogP contribution >= 0.6 is 15.9 Å². The van der Waals surface area contributed by atoms with E-state index in [1.165, 1.54) is 0 Å². The van der Waals surface area contributed by atoms with Crippen molar-refractivity contribution >= 4 is 20.6 Å². The third-order valence-corrected chi connectivity index (χ3v) is 2.08. The highest BCUT2D eigenvalue weighted by Crippen LogP contribution is 2.13. The predicted octanol–water partition coefficient (Wildman–Crippen LogP) is 2.20. The van der Waals surface area contributed by atoms with Crippen molar-refractivity contribution in [3.8, 4) is 0 Å². The van der Waals surface area contributed by atoms with Crippen LogP contribution in [-0.2, 0) is 4.79 Å². The first-order valence-corrected chi connectivity index (χ1v) is 3.54. The van der Waals surface area contributed by atoms with Gasteiger partial charge in [0.05, 0.1) is 0 Å². The second-order valence-corrected chi connectivity index (χ2v) is 3.12. The molecule has 0 fully saturated rings. The Hall–Kier alpha value is 0.150. The average molecular weight is 179 g/mol. The molecule has 8 heavy (non-hydrogen) atoms. The molecule has 0 saturated heterocycles. The summed E-state index contributed by atoms with van der Waals surface area (Å²) in [5.41, 5.74) is 0. The molecule has 0 radical (unpaired) electrons. The van der Waals surface area contributed by atoms with E-state index < -0.39 is 0 Å². The lowest BCUT2D eigenvalue weighted by Gasteiger charge is -2.08. The molecule has 0 aromatic heterocycles. The Bertz CT molecular complexity index is 88.5. The quantitative estimate of drug-likeness (QED) is 0.594. The first-order chi connectivity index (χ1) is 3.55. The van der Waals surface area contributed by atoms with Crippen LogP contribution in [0.15, 0.2) is 0 Å². The summed E-state index contributed by atoms with van der Waals surface area (Å²) in [5, 5.41) is 0. The smallest absolute Gasteiger partial charge is 0.200 e. The highest BCUT2D eigenvalue weighted by molar-refractivity contribution is 9.18. The van der Waals surface area contributed by atoms with Gasteiger partial charge in [0.2, 0.25) is 4.69 Å². The second-order valence-electron chi connectivity index (χ2n) is 2.34. The monoisotopic (exact) mass is 178 g/mol. The van der Waals surface area contributed by atoms with Gasteiger partial charge >= 0.3 is 0 Å². The largest absolute Gasteiger partial charge is 0.286 e. The molecule has 0 aromatic carbocycles. The fourth-order valence-corrected chi connectivity index (χ4v) is 0.791. The molecule has 1 unspecified atom stereocenters. The molecule has 0 N–H and O–H groups in total. The lowest BCUT2D eigenvalue weighted by molar-refractivity contribution is -0.114. The van der Waals surface area contributed by atoms with Crippen molar-refractivity contribution in [3.63, 3.8) is 0 Å². The van der Waals surface area contributed by atoms with Gasteiger partial charge in [-0.15, -0.1) is 0 Å². The molecule has 0 heterocycles. The Balaban J connectivity index is 3.64. The SMILES string of the molecule is CC(C)C(C)C(=O)Br. The van der Waals surface area contributed by atoms with E-state index in [0.29, 0.717) is 5.92 Å². The van der Waals surface area contributed by atoms with Crippen molar-refractivity contribution in [3.05, 3.63) is 0 Å². The van der Waals surface area contributed by atoms with E-state index in [0.717, 1.165) is 0 Å². The molecule has 0 aliphatic carbocycles. The van der Waals surface area contributed by atoms with Crippen LogP contribution in [0, 0.1) is 11.8 Å². The first-order valence-electron chi connectivity index (χ1n) is 2.75. The van der Waals surface area contributed by atoms with Crippen LogP contribution in [0.4, 0.5) is 0 Å². The van der Waals surface area contributed by atoms with Gasteiger partial charge in [-0.1, -0.05) is 20.8 Å². The van der Waals surface area contributed by atoms with Crippen molar-refractivity contribution in [1.29, 1.82) is 0 Å². The van der Waals surface area contributed by atoms with Crippen LogP contribution in [0.25, 0.3) is 0 Å². The summed E-state index contributed by atoms with van der Waals surface area (Å²) in [4.78, 5) is 10.5. The van der Waals surface area contributed by atoms with Crippen LogP contribution in [0.3, 0.4) is 0 Å². The van der Waals surface area contributed by atoms with Crippen LogP contribution in [0.5, 0.6) is 0 Å². The Morgan fingerprint density at radius 2 is 1.75 bits per heavy atom. The van der Waals surface area contributed by atoms with Gasteiger partial charge in [-0.2, -0.15) is 0 Å². The summed E-state index contributed by atoms with van der Waals surface area (Å²) in [6, 6.07) is 0. The van der Waals surface area contributed by atoms with Gasteiger partial charge in [0.25, 0.3) is 0 Å². The van der Waals surface area contributed by atoms with Crippen molar-refractivity contribution < 1.29 is 4.79 Å². The van der Waals surface area contributed by atoms with Crippen LogP contribution in [0.1, 0.15) is 20.8 Å². The fourth-order valence-electron chi connectivity index (χ4n) is 0.262. The predicted molar refractivity (Wildman–Crippen MR) is 37.9 cm³/mol. The molecule has 0 bridgehead atoms. The van der Waals surface area contributed by atoms with Crippen molar-refractivity contribution in [2.45, 2.75) is 20.8 Å². The van der Waals surface area contributed by atoms with E-state index in [2.05, 4.69) is 15.9 Å². The zero-order valence-electron chi connectivity index (χ0n) is 5.44. The molecule has 2 heteroatoms. The third kappa shape index (κ3) is 2.46. The normalized spacial score (nSPS) is 14.1. The number of hydrogen-bond acceptors (Lipinski definition) is 1. The van der Waals surface area contributed by atoms with Gasteiger partial charge in [0, 0.05) is 5.92 Å². The maximum atomic E-state index is 10.5. The summed E-state index contributed by atoms with van der Waals surface area (Å²) >= 11 is 2.90. The number of halogens is 1. The van der Waals surface area contributed by atoms with Crippen LogP contribution in [-0.4, -0.2) is 4.69 Å². The molecular formula is C6H11BrO. The first kappa shape index (κ1) is 8.15. The maximum Gasteiger partial charge on any atom is 0.200 e. The zero-order valence-corrected chi connectivity index (χ0v) is 7.03. The highest BCUT2D eigenvalue weighted by atomic mass is 79.9. The summed E-state index contributed by atoms with van der Waals surface area (Å²) in [5.74, 6) is 0.594. The molecule has 1 atom stereocenters. The van der Waals surface area contributed by atoms with Gasteiger partial charge in [-0.05, 0) is 21.8 Å². The lowest BCUT2D eigenvalue weighted by atomic mass is 10.0. The average Bonchev–Trinajstić information content (AvgIpc) is 1.64. The van der Waals surface area contributed by atoms with Gasteiger partial charge in [-0.3, -0.25) is 4.79 Å². The van der Waals surface area contributed by atoms with E-state index >= 15 is 0 Å². The topological polar surface area (TPSA) is 17.1 Å². The molecule has 48 valence electrons. The summed E-state index contributed by atoms with van der Waals surface area (Å²) < 4.78 is 0.104. The lowest BCUT2D eigenvalue weighted by Crippen LogP contribution is -2.10. The number of hydrogen-bond donors (Lipinski definition) is 0. The summed E-state index contributed by atoms with van der Waals surface area (Å²) in [6.45, 7) is 5.98. The molecule has 0 saturated carbocycles. The Labute approximate surface area is 58.6 Å². The fraction of sp³-hybridized carbons (Fsp3) is 0.833. The Kier molecular flexibility index (Phi) is 3.29. The minimum Gasteiger partial charge on any atom is -0.286 e. The minimum atomic E-state index is 0.104. The molecule has 0 spiro atoms. The third-order valence-electron chi connectivity index (χ3n) is 1.36. The molecule has 0 aromatic rings. The number of rotatable bonds is 2. The second kappa shape index (κ2) is 3.23. The molecule has 0 rings (SSSR count). The molecular weight excluding hydrogens is 168 g/mol. The molecule has 0 amide bonds. The van der Waals surface area contributed by atoms with Gasteiger partial charge in [-0.25, -0.2) is 0 Å².